The molecule has 0 spiro atoms. The van der Waals surface area contributed by atoms with E-state index < -0.39 is 0 Å². The van der Waals surface area contributed by atoms with E-state index in [0.29, 0.717) is 13.1 Å². The summed E-state index contributed by atoms with van der Waals surface area (Å²) in [6, 6.07) is 9.58. The van der Waals surface area contributed by atoms with E-state index >= 15 is 0 Å². The highest BCUT2D eigenvalue weighted by Gasteiger charge is 2.18. The number of thiophene rings is 1. The fourth-order valence-electron chi connectivity index (χ4n) is 1.93. The Morgan fingerprint density at radius 3 is 2.65 bits per heavy atom. The van der Waals surface area contributed by atoms with Gasteiger partial charge in [0, 0.05) is 18.8 Å². The van der Waals surface area contributed by atoms with Crippen LogP contribution in [0.1, 0.15) is 27.7 Å². The van der Waals surface area contributed by atoms with Gasteiger partial charge in [-0.1, -0.05) is 18.2 Å². The van der Waals surface area contributed by atoms with Crippen LogP contribution >= 0.6 is 27.3 Å². The van der Waals surface area contributed by atoms with E-state index in [1.54, 1.807) is 0 Å². The largest absolute Gasteiger partial charge is 0.398 e. The number of hydrogen-bond acceptors (Lipinski definition) is 3. The lowest BCUT2D eigenvalue weighted by molar-refractivity contribution is 0.0758. The summed E-state index contributed by atoms with van der Waals surface area (Å²) in [7, 11) is 0. The van der Waals surface area contributed by atoms with Gasteiger partial charge in [-0.25, -0.2) is 0 Å². The Balaban J connectivity index is 2.20. The Morgan fingerprint density at radius 2 is 2.10 bits per heavy atom. The van der Waals surface area contributed by atoms with Crippen molar-refractivity contribution in [3.05, 3.63) is 50.1 Å². The number of aryl methyl sites for hydroxylation is 1. The Kier molecular flexibility index (Phi) is 4.83. The summed E-state index contributed by atoms with van der Waals surface area (Å²) >= 11 is 4.94. The Bertz CT molecular complexity index is 605. The van der Waals surface area contributed by atoms with Crippen LogP contribution in [-0.2, 0) is 6.54 Å². The Labute approximate surface area is 131 Å². The predicted octanol–water partition coefficient (Wildman–Crippen LogP) is 4.06. The van der Waals surface area contributed by atoms with Gasteiger partial charge in [-0.2, -0.15) is 0 Å². The van der Waals surface area contributed by atoms with Gasteiger partial charge >= 0.3 is 0 Å². The molecule has 20 heavy (non-hydrogen) atoms. The lowest BCUT2D eigenvalue weighted by atomic mass is 10.1. The maximum atomic E-state index is 12.5. The topological polar surface area (TPSA) is 46.3 Å². The van der Waals surface area contributed by atoms with Crippen LogP contribution in [0.25, 0.3) is 0 Å². The van der Waals surface area contributed by atoms with Crippen LogP contribution in [0, 0.1) is 6.92 Å². The van der Waals surface area contributed by atoms with E-state index in [0.717, 1.165) is 25.5 Å². The van der Waals surface area contributed by atoms with Crippen molar-refractivity contribution in [3.63, 3.8) is 0 Å². The first-order valence-corrected chi connectivity index (χ1v) is 8.02. The van der Waals surface area contributed by atoms with Crippen molar-refractivity contribution in [2.45, 2.75) is 20.4 Å². The maximum absolute atomic E-state index is 12.5. The number of nitrogen functional groups attached to an aromatic ring is 1. The van der Waals surface area contributed by atoms with Crippen molar-refractivity contribution < 1.29 is 4.79 Å². The van der Waals surface area contributed by atoms with Gasteiger partial charge in [-0.05, 0) is 53.0 Å². The van der Waals surface area contributed by atoms with Crippen LogP contribution in [0.4, 0.5) is 5.69 Å². The first kappa shape index (κ1) is 15.1. The number of carbonyl (C=O) groups excluding carboxylic acids is 1. The molecule has 0 unspecified atom stereocenters. The molecule has 0 fully saturated rings. The van der Waals surface area contributed by atoms with Crippen LogP contribution in [0.2, 0.25) is 0 Å². The molecule has 1 aromatic heterocycles. The molecule has 5 heteroatoms. The molecule has 0 aliphatic heterocycles. The van der Waals surface area contributed by atoms with E-state index in [4.69, 9.17) is 5.73 Å². The van der Waals surface area contributed by atoms with Gasteiger partial charge in [0.1, 0.15) is 0 Å². The zero-order valence-corrected chi connectivity index (χ0v) is 13.9. The fourth-order valence-corrected chi connectivity index (χ4v) is 3.43. The molecular formula is C15H17BrN2OS. The second-order valence-corrected chi connectivity index (χ2v) is 6.96. The third-order valence-electron chi connectivity index (χ3n) is 3.15. The molecule has 0 saturated heterocycles. The first-order chi connectivity index (χ1) is 9.52. The zero-order valence-electron chi connectivity index (χ0n) is 11.5. The lowest BCUT2D eigenvalue weighted by Gasteiger charge is -2.21. The second-order valence-electron chi connectivity index (χ2n) is 4.59. The van der Waals surface area contributed by atoms with Gasteiger partial charge in [0.2, 0.25) is 0 Å². The highest BCUT2D eigenvalue weighted by Crippen LogP contribution is 2.28. The number of nitrogens with two attached hydrogens (primary N) is 1. The molecule has 0 atom stereocenters. The van der Waals surface area contributed by atoms with Crippen LogP contribution in [-0.4, -0.2) is 17.4 Å². The maximum Gasteiger partial charge on any atom is 0.264 e. The van der Waals surface area contributed by atoms with Crippen LogP contribution < -0.4 is 5.73 Å². The van der Waals surface area contributed by atoms with Crippen molar-refractivity contribution in [1.29, 1.82) is 0 Å². The highest BCUT2D eigenvalue weighted by atomic mass is 79.9. The van der Waals surface area contributed by atoms with Gasteiger partial charge in [0.25, 0.3) is 5.91 Å². The molecule has 1 aromatic carbocycles. The summed E-state index contributed by atoms with van der Waals surface area (Å²) in [4.78, 5) is 15.1. The summed E-state index contributed by atoms with van der Waals surface area (Å²) in [5, 5.41) is 0. The van der Waals surface area contributed by atoms with E-state index in [-0.39, 0.29) is 5.91 Å². The number of carbonyl (C=O) groups is 1. The minimum atomic E-state index is 0.0505. The number of halogens is 1. The molecule has 1 heterocycles. The molecule has 106 valence electrons. The normalized spacial score (nSPS) is 10.6. The highest BCUT2D eigenvalue weighted by molar-refractivity contribution is 9.11. The molecule has 2 aromatic rings. The van der Waals surface area contributed by atoms with Crippen LogP contribution in [0.3, 0.4) is 0 Å². The lowest BCUT2D eigenvalue weighted by Crippen LogP contribution is -2.30. The molecule has 3 nitrogen and oxygen atoms in total. The molecule has 2 rings (SSSR count). The second kappa shape index (κ2) is 6.41. The number of hydrogen-bond donors (Lipinski definition) is 1. The smallest absolute Gasteiger partial charge is 0.264 e. The minimum absolute atomic E-state index is 0.0505. The molecule has 0 saturated carbocycles. The number of nitrogens with zero attached hydrogens (tertiary/aromatic N) is 1. The summed E-state index contributed by atoms with van der Waals surface area (Å²) in [6.07, 6.45) is 0. The van der Waals surface area contributed by atoms with E-state index in [9.17, 15) is 4.79 Å². The molecule has 0 radical (unpaired) electrons. The van der Waals surface area contributed by atoms with Gasteiger partial charge in [-0.3, -0.25) is 4.79 Å². The van der Waals surface area contributed by atoms with Gasteiger partial charge < -0.3 is 10.6 Å². The van der Waals surface area contributed by atoms with Gasteiger partial charge in [-0.15, -0.1) is 11.3 Å². The summed E-state index contributed by atoms with van der Waals surface area (Å²) in [5.41, 5.74) is 8.74. The minimum Gasteiger partial charge on any atom is -0.398 e. The zero-order chi connectivity index (χ0) is 14.7. The standard InChI is InChI=1S/C15H17BrN2OS/c1-3-18(9-11-6-4-5-7-12(11)17)15(19)13-8-10(2)14(16)20-13/h4-8H,3,9,17H2,1-2H3. The van der Waals surface area contributed by atoms with Crippen LogP contribution in [0.15, 0.2) is 34.1 Å². The molecule has 0 aliphatic carbocycles. The van der Waals surface area contributed by atoms with Gasteiger partial charge in [0.15, 0.2) is 0 Å². The third-order valence-corrected chi connectivity index (χ3v) is 5.28. The Hall–Kier alpha value is -1.33. The monoisotopic (exact) mass is 352 g/mol. The predicted molar refractivity (Wildman–Crippen MR) is 88.0 cm³/mol. The third kappa shape index (κ3) is 3.22. The fraction of sp³-hybridized carbons (Fsp3) is 0.267. The number of para-hydroxylation sites is 1. The number of rotatable bonds is 4. The molecule has 0 aliphatic rings. The summed E-state index contributed by atoms with van der Waals surface area (Å²) in [5.74, 6) is 0.0505. The average Bonchev–Trinajstić information content (AvgIpc) is 2.77. The van der Waals surface area contributed by atoms with Crippen molar-refractivity contribution in [3.8, 4) is 0 Å². The van der Waals surface area contributed by atoms with Gasteiger partial charge in [0.05, 0.1) is 8.66 Å². The molecule has 2 N–H and O–H groups in total. The molecular weight excluding hydrogens is 336 g/mol. The molecule has 0 bridgehead atoms. The number of anilines is 1. The van der Waals surface area contributed by atoms with Crippen molar-refractivity contribution in [1.82, 2.24) is 4.90 Å². The number of amides is 1. The summed E-state index contributed by atoms with van der Waals surface area (Å²) in [6.45, 7) is 5.16. The van der Waals surface area contributed by atoms with E-state index in [2.05, 4.69) is 15.9 Å². The number of benzene rings is 1. The van der Waals surface area contributed by atoms with Crippen molar-refractivity contribution in [2.24, 2.45) is 0 Å². The Morgan fingerprint density at radius 1 is 1.40 bits per heavy atom. The van der Waals surface area contributed by atoms with E-state index in [1.165, 1.54) is 11.3 Å². The van der Waals surface area contributed by atoms with Crippen LogP contribution in [0.5, 0.6) is 0 Å². The van der Waals surface area contributed by atoms with Crippen molar-refractivity contribution >= 4 is 38.9 Å². The summed E-state index contributed by atoms with van der Waals surface area (Å²) < 4.78 is 1.01. The first-order valence-electron chi connectivity index (χ1n) is 6.41. The molecule has 1 amide bonds. The SMILES string of the molecule is CCN(Cc1ccccc1N)C(=O)c1cc(C)c(Br)s1. The van der Waals surface area contributed by atoms with Crippen molar-refractivity contribution in [2.75, 3.05) is 12.3 Å². The quantitative estimate of drug-likeness (QED) is 0.843. The average molecular weight is 353 g/mol. The van der Waals surface area contributed by atoms with E-state index in [1.807, 2.05) is 49.1 Å².